The molecule has 2 heterocycles. The number of hydrogen-bond acceptors (Lipinski definition) is 3. The van der Waals surface area contributed by atoms with Gasteiger partial charge in [-0.1, -0.05) is 25.5 Å². The summed E-state index contributed by atoms with van der Waals surface area (Å²) in [6.07, 6.45) is 6.66. The fourth-order valence-corrected chi connectivity index (χ4v) is 3.14. The van der Waals surface area contributed by atoms with Crippen molar-refractivity contribution in [3.63, 3.8) is 0 Å². The lowest BCUT2D eigenvalue weighted by Gasteiger charge is -2.19. The number of rotatable bonds is 6. The van der Waals surface area contributed by atoms with Crippen molar-refractivity contribution < 1.29 is 9.53 Å². The third-order valence-corrected chi connectivity index (χ3v) is 4.52. The van der Waals surface area contributed by atoms with Crippen LogP contribution in [-0.2, 0) is 17.6 Å². The van der Waals surface area contributed by atoms with Gasteiger partial charge in [0, 0.05) is 23.9 Å². The lowest BCUT2D eigenvalue weighted by molar-refractivity contribution is 0.0925. The van der Waals surface area contributed by atoms with Gasteiger partial charge in [-0.15, -0.1) is 0 Å². The Labute approximate surface area is 143 Å². The molecule has 3 rings (SSSR count). The molecule has 0 unspecified atom stereocenters. The molecule has 0 spiro atoms. The Balaban J connectivity index is 1.60. The number of aryl methyl sites for hydroxylation is 1. The molecule has 0 radical (unpaired) electrons. The van der Waals surface area contributed by atoms with Crippen molar-refractivity contribution in [2.75, 3.05) is 13.2 Å². The molecule has 4 nitrogen and oxygen atoms in total. The van der Waals surface area contributed by atoms with E-state index in [-0.39, 0.29) is 11.9 Å². The van der Waals surface area contributed by atoms with E-state index in [2.05, 4.69) is 17.2 Å². The zero-order valence-electron chi connectivity index (χ0n) is 14.1. The molecule has 1 aliphatic heterocycles. The molecule has 1 saturated heterocycles. The van der Waals surface area contributed by atoms with Crippen LogP contribution in [0.25, 0.3) is 0 Å². The Morgan fingerprint density at radius 1 is 1.12 bits per heavy atom. The van der Waals surface area contributed by atoms with Crippen LogP contribution in [0.1, 0.15) is 34.8 Å². The molecule has 1 fully saturated rings. The van der Waals surface area contributed by atoms with Gasteiger partial charge in [0.25, 0.3) is 5.91 Å². The summed E-state index contributed by atoms with van der Waals surface area (Å²) in [5, 5.41) is 3.14. The van der Waals surface area contributed by atoms with E-state index in [4.69, 9.17) is 4.74 Å². The van der Waals surface area contributed by atoms with Crippen LogP contribution < -0.4 is 5.32 Å². The van der Waals surface area contributed by atoms with Gasteiger partial charge in [-0.2, -0.15) is 0 Å². The van der Waals surface area contributed by atoms with Crippen molar-refractivity contribution in [2.24, 2.45) is 5.92 Å². The largest absolute Gasteiger partial charge is 0.379 e. The Morgan fingerprint density at radius 2 is 1.88 bits per heavy atom. The molecular weight excluding hydrogens is 300 g/mol. The molecule has 0 saturated carbocycles. The number of carbonyl (C=O) groups is 1. The number of benzene rings is 1. The van der Waals surface area contributed by atoms with E-state index in [1.165, 1.54) is 11.1 Å². The normalized spacial score (nSPS) is 20.0. The van der Waals surface area contributed by atoms with E-state index in [9.17, 15) is 4.79 Å². The van der Waals surface area contributed by atoms with Gasteiger partial charge in [0.15, 0.2) is 0 Å². The minimum absolute atomic E-state index is 0.0201. The Kier molecular flexibility index (Phi) is 5.59. The summed E-state index contributed by atoms with van der Waals surface area (Å²) in [5.41, 5.74) is 3.21. The van der Waals surface area contributed by atoms with Gasteiger partial charge < -0.3 is 10.1 Å². The highest BCUT2D eigenvalue weighted by molar-refractivity contribution is 5.94. The van der Waals surface area contributed by atoms with E-state index in [0.29, 0.717) is 24.7 Å². The lowest BCUT2D eigenvalue weighted by Crippen LogP contribution is -2.40. The highest BCUT2D eigenvalue weighted by atomic mass is 16.5. The van der Waals surface area contributed by atoms with Gasteiger partial charge in [0.1, 0.15) is 0 Å². The minimum atomic E-state index is -0.0201. The van der Waals surface area contributed by atoms with Crippen molar-refractivity contribution in [3.05, 3.63) is 65.5 Å². The summed E-state index contributed by atoms with van der Waals surface area (Å²) in [6.45, 7) is 3.42. The average Bonchev–Trinajstić information content (AvgIpc) is 3.03. The Hall–Kier alpha value is -2.20. The van der Waals surface area contributed by atoms with Gasteiger partial charge in [-0.25, -0.2) is 0 Å². The molecule has 1 aromatic carbocycles. The van der Waals surface area contributed by atoms with E-state index < -0.39 is 0 Å². The first-order valence-electron chi connectivity index (χ1n) is 8.62. The molecule has 1 aromatic heterocycles. The number of amides is 1. The number of carbonyl (C=O) groups excluding carboxylic acids is 1. The molecule has 2 atom stereocenters. The first kappa shape index (κ1) is 16.7. The predicted octanol–water partition coefficient (Wildman–Crippen LogP) is 3.02. The quantitative estimate of drug-likeness (QED) is 0.888. The number of nitrogens with zero attached hydrogens (tertiary/aromatic N) is 1. The number of pyridine rings is 1. The van der Waals surface area contributed by atoms with Crippen LogP contribution in [0.15, 0.2) is 48.8 Å². The van der Waals surface area contributed by atoms with Crippen LogP contribution in [0, 0.1) is 5.92 Å². The van der Waals surface area contributed by atoms with Crippen LogP contribution >= 0.6 is 0 Å². The number of nitrogens with one attached hydrogen (secondary N) is 1. The molecule has 1 amide bonds. The van der Waals surface area contributed by atoms with Gasteiger partial charge in [0.2, 0.25) is 0 Å². The van der Waals surface area contributed by atoms with E-state index in [1.54, 1.807) is 12.4 Å². The topological polar surface area (TPSA) is 51.2 Å². The fraction of sp³-hybridized carbons (Fsp3) is 0.400. The van der Waals surface area contributed by atoms with Gasteiger partial charge in [-0.3, -0.25) is 9.78 Å². The third-order valence-electron chi connectivity index (χ3n) is 4.52. The number of aromatic nitrogens is 1. The molecule has 0 aliphatic carbocycles. The van der Waals surface area contributed by atoms with Gasteiger partial charge in [0.05, 0.1) is 19.3 Å². The van der Waals surface area contributed by atoms with E-state index in [1.807, 2.05) is 36.4 Å². The summed E-state index contributed by atoms with van der Waals surface area (Å²) in [4.78, 5) is 16.5. The summed E-state index contributed by atoms with van der Waals surface area (Å²) in [6, 6.07) is 12.0. The fourth-order valence-electron chi connectivity index (χ4n) is 3.14. The molecule has 1 aliphatic rings. The van der Waals surface area contributed by atoms with Gasteiger partial charge in [-0.05, 0) is 48.2 Å². The zero-order chi connectivity index (χ0) is 16.8. The van der Waals surface area contributed by atoms with E-state index >= 15 is 0 Å². The van der Waals surface area contributed by atoms with Crippen LogP contribution in [0.4, 0.5) is 0 Å². The maximum absolute atomic E-state index is 12.5. The molecule has 24 heavy (non-hydrogen) atoms. The van der Waals surface area contributed by atoms with Crippen LogP contribution in [-0.4, -0.2) is 30.1 Å². The second kappa shape index (κ2) is 8.06. The molecule has 2 aromatic rings. The maximum atomic E-state index is 12.5. The first-order valence-corrected chi connectivity index (χ1v) is 8.62. The Morgan fingerprint density at radius 3 is 2.58 bits per heavy atom. The van der Waals surface area contributed by atoms with Crippen LogP contribution in [0.5, 0.6) is 0 Å². The molecule has 126 valence electrons. The molecule has 1 N–H and O–H groups in total. The second-order valence-electron chi connectivity index (χ2n) is 6.38. The van der Waals surface area contributed by atoms with Gasteiger partial charge >= 0.3 is 0 Å². The molecule has 0 bridgehead atoms. The monoisotopic (exact) mass is 324 g/mol. The summed E-state index contributed by atoms with van der Waals surface area (Å²) in [5.74, 6) is 0.281. The van der Waals surface area contributed by atoms with Crippen LogP contribution in [0.2, 0.25) is 0 Å². The highest BCUT2D eigenvalue weighted by Crippen LogP contribution is 2.19. The van der Waals surface area contributed by atoms with E-state index in [0.717, 1.165) is 19.3 Å². The van der Waals surface area contributed by atoms with Crippen molar-refractivity contribution in [1.29, 1.82) is 0 Å². The molecule has 4 heteroatoms. The summed E-state index contributed by atoms with van der Waals surface area (Å²) < 4.78 is 5.60. The average molecular weight is 324 g/mol. The summed E-state index contributed by atoms with van der Waals surface area (Å²) >= 11 is 0. The second-order valence-corrected chi connectivity index (χ2v) is 6.38. The molecular formula is C20H24N2O2. The smallest absolute Gasteiger partial charge is 0.251 e. The van der Waals surface area contributed by atoms with Crippen molar-refractivity contribution in [1.82, 2.24) is 10.3 Å². The Bertz CT molecular complexity index is 655. The maximum Gasteiger partial charge on any atom is 0.251 e. The lowest BCUT2D eigenvalue weighted by atomic mass is 9.95. The van der Waals surface area contributed by atoms with Crippen molar-refractivity contribution in [2.45, 2.75) is 32.2 Å². The number of hydrogen-bond donors (Lipinski definition) is 1. The van der Waals surface area contributed by atoms with Crippen LogP contribution in [0.3, 0.4) is 0 Å². The number of ether oxygens (including phenoxy) is 1. The standard InChI is InChI=1S/C20H24N2O2/c1-2-3-15-4-6-17(7-5-15)20(23)22-19-14-24-13-18(19)12-16-8-10-21-11-9-16/h4-11,18-19H,2-3,12-14H2,1H3,(H,22,23)/t18-,19+/m1/s1. The highest BCUT2D eigenvalue weighted by Gasteiger charge is 2.29. The van der Waals surface area contributed by atoms with Crippen molar-refractivity contribution in [3.8, 4) is 0 Å². The zero-order valence-corrected chi connectivity index (χ0v) is 14.1. The summed E-state index contributed by atoms with van der Waals surface area (Å²) in [7, 11) is 0. The predicted molar refractivity (Wildman–Crippen MR) is 93.9 cm³/mol. The minimum Gasteiger partial charge on any atom is -0.379 e. The SMILES string of the molecule is CCCc1ccc(C(=O)N[C@H]2COC[C@H]2Cc2ccncc2)cc1. The first-order chi connectivity index (χ1) is 11.8. The third kappa shape index (κ3) is 4.20. The van der Waals surface area contributed by atoms with Crippen molar-refractivity contribution >= 4 is 5.91 Å².